The van der Waals surface area contributed by atoms with Crippen LogP contribution in [-0.4, -0.2) is 8.07 Å². The SMILES string of the molecule is C#C[Si](C)(C)CCCCCCCCCC. The van der Waals surface area contributed by atoms with Crippen molar-refractivity contribution in [3.05, 3.63) is 0 Å². The van der Waals surface area contributed by atoms with Gasteiger partial charge in [0.15, 0.2) is 0 Å². The van der Waals surface area contributed by atoms with E-state index in [2.05, 4.69) is 25.6 Å². The molecule has 0 aromatic rings. The molecule has 15 heavy (non-hydrogen) atoms. The standard InChI is InChI=1S/C14H28Si/c1-5-7-8-9-10-11-12-13-14-15(3,4)6-2/h2H,5,7-14H2,1,3-4H3. The zero-order valence-corrected chi connectivity index (χ0v) is 11.9. The highest BCUT2D eigenvalue weighted by Crippen LogP contribution is 2.15. The number of hydrogen-bond donors (Lipinski definition) is 0. The number of hydrogen-bond acceptors (Lipinski definition) is 0. The van der Waals surface area contributed by atoms with Gasteiger partial charge in [0, 0.05) is 0 Å². The minimum Gasteiger partial charge on any atom is -0.135 e. The molecule has 0 amide bonds. The number of terminal acetylenes is 1. The van der Waals surface area contributed by atoms with E-state index in [1.165, 1.54) is 57.4 Å². The van der Waals surface area contributed by atoms with Crippen LogP contribution in [0.15, 0.2) is 0 Å². The van der Waals surface area contributed by atoms with E-state index in [1.54, 1.807) is 0 Å². The van der Waals surface area contributed by atoms with Gasteiger partial charge in [-0.15, -0.1) is 12.0 Å². The molecule has 0 saturated heterocycles. The summed E-state index contributed by atoms with van der Waals surface area (Å²) >= 11 is 0. The lowest BCUT2D eigenvalue weighted by atomic mass is 10.1. The summed E-state index contributed by atoms with van der Waals surface area (Å²) in [6.45, 7) is 6.87. The Bertz CT molecular complexity index is 176. The van der Waals surface area contributed by atoms with E-state index in [0.717, 1.165) is 0 Å². The van der Waals surface area contributed by atoms with Crippen LogP contribution in [0, 0.1) is 12.0 Å². The lowest BCUT2D eigenvalue weighted by molar-refractivity contribution is 0.584. The molecule has 0 aliphatic carbocycles. The largest absolute Gasteiger partial charge is 0.135 e. The predicted molar refractivity (Wildman–Crippen MR) is 73.7 cm³/mol. The maximum absolute atomic E-state index is 5.51. The van der Waals surface area contributed by atoms with Gasteiger partial charge in [0.25, 0.3) is 0 Å². The zero-order valence-electron chi connectivity index (χ0n) is 10.9. The summed E-state index contributed by atoms with van der Waals surface area (Å²) in [6, 6.07) is 1.32. The smallest absolute Gasteiger partial charge is 0.132 e. The van der Waals surface area contributed by atoms with Crippen LogP contribution in [0.4, 0.5) is 0 Å². The van der Waals surface area contributed by atoms with Crippen molar-refractivity contribution < 1.29 is 0 Å². The van der Waals surface area contributed by atoms with Gasteiger partial charge >= 0.3 is 0 Å². The molecule has 0 N–H and O–H groups in total. The Morgan fingerprint density at radius 1 is 0.867 bits per heavy atom. The molecule has 0 rings (SSSR count). The predicted octanol–water partition coefficient (Wildman–Crippen LogP) is 5.01. The van der Waals surface area contributed by atoms with E-state index in [9.17, 15) is 0 Å². The molecule has 88 valence electrons. The Labute approximate surface area is 97.9 Å². The van der Waals surface area contributed by atoms with Gasteiger partial charge in [-0.2, -0.15) is 0 Å². The molecule has 0 aromatic carbocycles. The Morgan fingerprint density at radius 3 is 1.80 bits per heavy atom. The first-order valence-electron chi connectivity index (χ1n) is 6.60. The second-order valence-electron chi connectivity index (χ2n) is 5.25. The minimum atomic E-state index is -1.23. The first-order valence-corrected chi connectivity index (χ1v) is 9.81. The average Bonchev–Trinajstić information content (AvgIpc) is 2.22. The third-order valence-electron chi connectivity index (χ3n) is 3.05. The second kappa shape index (κ2) is 9.04. The fourth-order valence-corrected chi connectivity index (χ4v) is 3.05. The van der Waals surface area contributed by atoms with Crippen molar-refractivity contribution in [2.45, 2.75) is 77.4 Å². The van der Waals surface area contributed by atoms with Crippen LogP contribution in [-0.2, 0) is 0 Å². The van der Waals surface area contributed by atoms with E-state index in [-0.39, 0.29) is 0 Å². The van der Waals surface area contributed by atoms with Crippen molar-refractivity contribution in [1.29, 1.82) is 0 Å². The van der Waals surface area contributed by atoms with E-state index in [1.807, 2.05) is 0 Å². The molecule has 0 aromatic heterocycles. The zero-order chi connectivity index (χ0) is 11.6. The lowest BCUT2D eigenvalue weighted by Gasteiger charge is -2.13. The van der Waals surface area contributed by atoms with E-state index < -0.39 is 8.07 Å². The summed E-state index contributed by atoms with van der Waals surface area (Å²) in [7, 11) is -1.23. The van der Waals surface area contributed by atoms with Gasteiger partial charge in [-0.25, -0.2) is 0 Å². The van der Waals surface area contributed by atoms with Gasteiger partial charge in [0.2, 0.25) is 0 Å². The van der Waals surface area contributed by atoms with E-state index in [0.29, 0.717) is 0 Å². The molecular weight excluding hydrogens is 196 g/mol. The van der Waals surface area contributed by atoms with Crippen molar-refractivity contribution in [1.82, 2.24) is 0 Å². The lowest BCUT2D eigenvalue weighted by Crippen LogP contribution is -2.22. The average molecular weight is 224 g/mol. The number of unbranched alkanes of at least 4 members (excludes halogenated alkanes) is 7. The van der Waals surface area contributed by atoms with Crippen molar-refractivity contribution in [3.63, 3.8) is 0 Å². The fourth-order valence-electron chi connectivity index (χ4n) is 1.77. The van der Waals surface area contributed by atoms with E-state index in [4.69, 9.17) is 6.42 Å². The quantitative estimate of drug-likeness (QED) is 0.293. The van der Waals surface area contributed by atoms with Crippen LogP contribution in [0.25, 0.3) is 0 Å². The fraction of sp³-hybridized carbons (Fsp3) is 0.857. The first kappa shape index (κ1) is 14.8. The van der Waals surface area contributed by atoms with E-state index >= 15 is 0 Å². The van der Waals surface area contributed by atoms with Crippen molar-refractivity contribution in [2.24, 2.45) is 0 Å². The third-order valence-corrected chi connectivity index (χ3v) is 5.43. The Hall–Kier alpha value is -0.223. The maximum atomic E-state index is 5.51. The molecule has 0 unspecified atom stereocenters. The minimum absolute atomic E-state index is 1.23. The van der Waals surface area contributed by atoms with Crippen molar-refractivity contribution >= 4 is 8.07 Å². The van der Waals surface area contributed by atoms with Crippen LogP contribution in [0.3, 0.4) is 0 Å². The Kier molecular flexibility index (Phi) is 8.90. The van der Waals surface area contributed by atoms with Gasteiger partial charge in [-0.05, 0) is 6.04 Å². The summed E-state index contributed by atoms with van der Waals surface area (Å²) in [5.41, 5.74) is 3.00. The highest BCUT2D eigenvalue weighted by Gasteiger charge is 2.15. The third kappa shape index (κ3) is 10.1. The van der Waals surface area contributed by atoms with Crippen LogP contribution in [0.1, 0.15) is 58.3 Å². The summed E-state index contributed by atoms with van der Waals surface area (Å²) in [5.74, 6) is 0. The normalized spacial score (nSPS) is 11.3. The van der Waals surface area contributed by atoms with Crippen LogP contribution < -0.4 is 0 Å². The summed E-state index contributed by atoms with van der Waals surface area (Å²) < 4.78 is 0. The van der Waals surface area contributed by atoms with Gasteiger partial charge in [-0.1, -0.05) is 71.4 Å². The first-order chi connectivity index (χ1) is 7.12. The van der Waals surface area contributed by atoms with Crippen LogP contribution >= 0.6 is 0 Å². The molecule has 0 fully saturated rings. The summed E-state index contributed by atoms with van der Waals surface area (Å²) in [5, 5.41) is 0. The topological polar surface area (TPSA) is 0 Å². The molecule has 0 aliphatic heterocycles. The molecular formula is C14H28Si. The molecule has 0 heterocycles. The highest BCUT2D eigenvalue weighted by molar-refractivity contribution is 6.84. The number of rotatable bonds is 9. The molecule has 0 spiro atoms. The van der Waals surface area contributed by atoms with Gasteiger partial charge in [-0.3, -0.25) is 0 Å². The Morgan fingerprint density at radius 2 is 1.33 bits per heavy atom. The maximum Gasteiger partial charge on any atom is 0.132 e. The monoisotopic (exact) mass is 224 g/mol. The molecule has 0 radical (unpaired) electrons. The molecule has 0 saturated carbocycles. The molecule has 1 heteroatoms. The summed E-state index contributed by atoms with van der Waals surface area (Å²) in [4.78, 5) is 0. The van der Waals surface area contributed by atoms with Crippen LogP contribution in [0.5, 0.6) is 0 Å². The van der Waals surface area contributed by atoms with Crippen molar-refractivity contribution in [3.8, 4) is 12.0 Å². The molecule has 0 aliphatic rings. The van der Waals surface area contributed by atoms with Gasteiger partial charge < -0.3 is 0 Å². The Balaban J connectivity index is 3.16. The molecule has 0 nitrogen and oxygen atoms in total. The molecule has 0 bridgehead atoms. The summed E-state index contributed by atoms with van der Waals surface area (Å²) in [6.07, 6.45) is 16.7. The molecule has 0 atom stereocenters. The van der Waals surface area contributed by atoms with Crippen molar-refractivity contribution in [2.75, 3.05) is 0 Å². The van der Waals surface area contributed by atoms with Gasteiger partial charge in [0.1, 0.15) is 8.07 Å². The van der Waals surface area contributed by atoms with Crippen LogP contribution in [0.2, 0.25) is 19.1 Å². The second-order valence-corrected chi connectivity index (χ2v) is 9.81. The highest BCUT2D eigenvalue weighted by atomic mass is 28.3. The van der Waals surface area contributed by atoms with Gasteiger partial charge in [0.05, 0.1) is 0 Å².